The van der Waals surface area contributed by atoms with Crippen molar-refractivity contribution in [3.8, 4) is 28.7 Å². The van der Waals surface area contributed by atoms with Crippen LogP contribution in [0, 0.1) is 11.3 Å². The Morgan fingerprint density at radius 2 is 1.93 bits per heavy atom. The van der Waals surface area contributed by atoms with Gasteiger partial charge in [0.05, 0.1) is 43.8 Å². The molecule has 2 saturated heterocycles. The number of nitrogens with one attached hydrogen (secondary N) is 3. The number of allylic oxidation sites excluding steroid dienone is 2. The number of methoxy groups -OCH3 is 1. The Kier molecular flexibility index (Phi) is 15.1. The quantitative estimate of drug-likeness (QED) is 0.0728. The van der Waals surface area contributed by atoms with E-state index in [9.17, 15) is 35.4 Å². The number of aliphatic hydroxyl groups excluding tert-OH is 3. The van der Waals surface area contributed by atoms with E-state index in [-0.39, 0.29) is 67.9 Å². The minimum absolute atomic E-state index is 0.00833. The summed E-state index contributed by atoms with van der Waals surface area (Å²) >= 11 is 0. The third-order valence-corrected chi connectivity index (χ3v) is 11.1. The molecule has 0 saturated carbocycles. The van der Waals surface area contributed by atoms with Gasteiger partial charge in [0.2, 0.25) is 5.75 Å². The lowest BCUT2D eigenvalue weighted by Gasteiger charge is -2.46. The maximum atomic E-state index is 12.3. The number of dihydropyridines is 1. The zero-order chi connectivity index (χ0) is 40.4. The van der Waals surface area contributed by atoms with Crippen molar-refractivity contribution in [3.05, 3.63) is 65.0 Å². The van der Waals surface area contributed by atoms with Crippen LogP contribution in [0.3, 0.4) is 0 Å². The molecule has 0 amide bonds. The van der Waals surface area contributed by atoms with Crippen LogP contribution in [-0.2, 0) is 16.0 Å². The van der Waals surface area contributed by atoms with Crippen LogP contribution in [0.2, 0.25) is 0 Å². The maximum Gasteiger partial charge on any atom is 0.303 e. The van der Waals surface area contributed by atoms with Crippen LogP contribution in [0.4, 0.5) is 0 Å². The first-order valence-corrected chi connectivity index (χ1v) is 19.5. The fourth-order valence-corrected chi connectivity index (χ4v) is 8.21. The first kappa shape index (κ1) is 42.9. The Labute approximate surface area is 328 Å². The molecule has 8 atom stereocenters. The molecule has 2 aromatic carbocycles. The van der Waals surface area contributed by atoms with Crippen molar-refractivity contribution in [1.82, 2.24) is 16.0 Å². The van der Waals surface area contributed by atoms with Crippen LogP contribution < -0.4 is 35.9 Å². The van der Waals surface area contributed by atoms with Crippen LogP contribution in [0.1, 0.15) is 76.0 Å². The lowest BCUT2D eigenvalue weighted by Crippen LogP contribution is -2.57. The van der Waals surface area contributed by atoms with Gasteiger partial charge in [-0.15, -0.1) is 0 Å². The molecule has 8 unspecified atom stereocenters. The standard InChI is InChI=1S/C41H60N4O11/c1-24-8-11-41(20-38(50)51,19-27-9-12-44-37(42)15-27)36(45-24)22-54-35-17-28(16-34(53-3)39(35)52)40-30(10-13-46)32(49)18-29(56-40)6-4-26-5-7-31(48)33(14-26)55-23-43-21-25(2)47/h5,7,9,14-17,24-25,29-30,32,36,40,43-49,52H,4,6,8,10-13,18-23,42H2,1-3H3,(H,50,51). The molecule has 0 spiro atoms. The lowest BCUT2D eigenvalue weighted by molar-refractivity contribution is -0.144. The monoisotopic (exact) mass is 784 g/mol. The van der Waals surface area contributed by atoms with Gasteiger partial charge in [0.25, 0.3) is 0 Å². The summed E-state index contributed by atoms with van der Waals surface area (Å²) < 4.78 is 24.3. The molecule has 11 N–H and O–H groups in total. The molecule has 0 bridgehead atoms. The fourth-order valence-electron chi connectivity index (χ4n) is 8.21. The summed E-state index contributed by atoms with van der Waals surface area (Å²) in [4.78, 5) is 12.3. The number of rotatable bonds is 19. The van der Waals surface area contributed by atoms with Crippen molar-refractivity contribution in [3.63, 3.8) is 0 Å². The van der Waals surface area contributed by atoms with Gasteiger partial charge in [-0.05, 0) is 106 Å². The average molecular weight is 785 g/mol. The molecule has 15 nitrogen and oxygen atoms in total. The number of nitrogens with two attached hydrogens (primary N) is 1. The summed E-state index contributed by atoms with van der Waals surface area (Å²) in [7, 11) is 1.43. The van der Waals surface area contributed by atoms with Crippen LogP contribution in [0.25, 0.3) is 0 Å². The highest BCUT2D eigenvalue weighted by Gasteiger charge is 2.45. The smallest absolute Gasteiger partial charge is 0.303 e. The molecule has 5 rings (SSSR count). The molecule has 3 heterocycles. The van der Waals surface area contributed by atoms with Crippen molar-refractivity contribution in [2.75, 3.05) is 40.1 Å². The minimum Gasteiger partial charge on any atom is -0.504 e. The summed E-state index contributed by atoms with van der Waals surface area (Å²) in [5.41, 5.74) is 7.79. The van der Waals surface area contributed by atoms with E-state index in [1.54, 1.807) is 37.3 Å². The summed E-state index contributed by atoms with van der Waals surface area (Å²) in [6, 6.07) is 8.14. The lowest BCUT2D eigenvalue weighted by atomic mass is 9.66. The van der Waals surface area contributed by atoms with E-state index in [0.717, 1.165) is 17.6 Å². The number of carboxylic acid groups (broad SMARTS) is 1. The largest absolute Gasteiger partial charge is 0.504 e. The van der Waals surface area contributed by atoms with E-state index in [1.165, 1.54) is 7.11 Å². The number of hydrogen-bond acceptors (Lipinski definition) is 14. The second kappa shape index (κ2) is 19.7. The maximum absolute atomic E-state index is 12.3. The predicted octanol–water partition coefficient (Wildman–Crippen LogP) is 2.94. The highest BCUT2D eigenvalue weighted by molar-refractivity contribution is 5.68. The molecule has 0 aromatic heterocycles. The minimum atomic E-state index is -0.915. The zero-order valence-corrected chi connectivity index (χ0v) is 32.6. The Bertz CT molecular complexity index is 1690. The van der Waals surface area contributed by atoms with Gasteiger partial charge in [-0.2, -0.15) is 0 Å². The summed E-state index contributed by atoms with van der Waals surface area (Å²) in [6.45, 7) is 4.60. The summed E-state index contributed by atoms with van der Waals surface area (Å²) in [5.74, 6) is -0.520. The number of aliphatic carboxylic acids is 1. The average Bonchev–Trinajstić information content (AvgIpc) is 3.15. The number of carboxylic acids is 1. The van der Waals surface area contributed by atoms with E-state index in [0.29, 0.717) is 62.3 Å². The SMILES string of the molecule is COc1cc(C2OC(CCc3ccc(O)c(OCNCC(C)O)c3)CC(O)C2CCO)cc(OCC2NC(C)CCC2(CC(=O)O)CC2=CCNC(N)=C2)c1O. The van der Waals surface area contributed by atoms with Gasteiger partial charge in [-0.3, -0.25) is 10.1 Å². The van der Waals surface area contributed by atoms with Gasteiger partial charge >= 0.3 is 5.97 Å². The number of phenols is 2. The van der Waals surface area contributed by atoms with Crippen molar-refractivity contribution in [2.24, 2.45) is 17.1 Å². The van der Waals surface area contributed by atoms with E-state index >= 15 is 0 Å². The fraction of sp³-hybridized carbons (Fsp3) is 0.585. The summed E-state index contributed by atoms with van der Waals surface area (Å²) in [6.07, 6.45) is 4.97. The molecule has 2 fully saturated rings. The molecule has 2 aromatic rings. The first-order chi connectivity index (χ1) is 26.8. The molecule has 3 aliphatic rings. The second-order valence-corrected chi connectivity index (χ2v) is 15.5. The molecule has 56 heavy (non-hydrogen) atoms. The van der Waals surface area contributed by atoms with E-state index in [4.69, 9.17) is 24.7 Å². The number of aryl methyl sites for hydroxylation is 1. The van der Waals surface area contributed by atoms with Gasteiger partial charge in [-0.25, -0.2) is 0 Å². The van der Waals surface area contributed by atoms with E-state index in [1.807, 2.05) is 12.2 Å². The van der Waals surface area contributed by atoms with Gasteiger partial charge in [-0.1, -0.05) is 12.1 Å². The molecular weight excluding hydrogens is 724 g/mol. The molecule has 15 heteroatoms. The number of carbonyl (C=O) groups is 1. The Morgan fingerprint density at radius 3 is 2.64 bits per heavy atom. The topological polar surface area (TPSA) is 237 Å². The third-order valence-electron chi connectivity index (χ3n) is 11.1. The number of aliphatic hydroxyl groups is 3. The van der Waals surface area contributed by atoms with Gasteiger partial charge in [0, 0.05) is 43.1 Å². The number of ether oxygens (including phenoxy) is 4. The van der Waals surface area contributed by atoms with Crippen LogP contribution in [0.15, 0.2) is 53.9 Å². The van der Waals surface area contributed by atoms with Crippen LogP contribution >= 0.6 is 0 Å². The first-order valence-electron chi connectivity index (χ1n) is 19.5. The second-order valence-electron chi connectivity index (χ2n) is 15.5. The normalized spacial score (nSPS) is 27.0. The summed E-state index contributed by atoms with van der Waals surface area (Å²) in [5, 5.41) is 72.2. The van der Waals surface area contributed by atoms with Crippen molar-refractivity contribution in [1.29, 1.82) is 0 Å². The van der Waals surface area contributed by atoms with E-state index < -0.39 is 41.7 Å². The molecule has 0 radical (unpaired) electrons. The Hall–Kier alpha value is -4.25. The predicted molar refractivity (Wildman–Crippen MR) is 208 cm³/mol. The van der Waals surface area contributed by atoms with E-state index in [2.05, 4.69) is 22.9 Å². The molecule has 310 valence electrons. The van der Waals surface area contributed by atoms with Crippen LogP contribution in [-0.4, -0.2) is 107 Å². The van der Waals surface area contributed by atoms with Gasteiger partial charge < -0.3 is 66.0 Å². The van der Waals surface area contributed by atoms with Crippen molar-refractivity contribution >= 4 is 5.97 Å². The zero-order valence-electron chi connectivity index (χ0n) is 32.6. The number of aromatic hydroxyl groups is 2. The Morgan fingerprint density at radius 1 is 1.14 bits per heavy atom. The highest BCUT2D eigenvalue weighted by Crippen LogP contribution is 2.47. The Balaban J connectivity index is 1.35. The number of benzene rings is 2. The molecule has 3 aliphatic heterocycles. The molecule has 0 aliphatic carbocycles. The van der Waals surface area contributed by atoms with Gasteiger partial charge in [0.15, 0.2) is 23.0 Å². The molecular formula is C41H60N4O11. The number of phenolic OH excluding ortho intramolecular Hbond substituents is 2. The van der Waals surface area contributed by atoms with Crippen molar-refractivity contribution in [2.45, 2.75) is 102 Å². The van der Waals surface area contributed by atoms with Gasteiger partial charge in [0.1, 0.15) is 13.3 Å². The third kappa shape index (κ3) is 11.2. The number of piperidine rings is 1. The number of hydrogen-bond donors (Lipinski definition) is 10. The van der Waals surface area contributed by atoms with Crippen molar-refractivity contribution < 1.29 is 54.4 Å². The van der Waals surface area contributed by atoms with Crippen LogP contribution in [0.5, 0.6) is 28.7 Å². The highest BCUT2D eigenvalue weighted by atomic mass is 16.5.